The number of carbonyl (C=O) groups excluding carboxylic acids is 2. The van der Waals surface area contributed by atoms with E-state index >= 15 is 0 Å². The number of benzene rings is 1. The van der Waals surface area contributed by atoms with Crippen LogP contribution >= 0.6 is 11.3 Å². The highest BCUT2D eigenvalue weighted by atomic mass is 32.1. The molecule has 136 valence electrons. The van der Waals surface area contributed by atoms with Crippen molar-refractivity contribution in [3.63, 3.8) is 0 Å². The monoisotopic (exact) mass is 371 g/mol. The van der Waals surface area contributed by atoms with E-state index in [2.05, 4.69) is 10.6 Å². The zero-order valence-electron chi connectivity index (χ0n) is 15.0. The van der Waals surface area contributed by atoms with E-state index in [0.29, 0.717) is 16.1 Å². The van der Waals surface area contributed by atoms with E-state index in [4.69, 9.17) is 10.00 Å². The van der Waals surface area contributed by atoms with Gasteiger partial charge in [-0.25, -0.2) is 4.79 Å². The first-order valence-corrected chi connectivity index (χ1v) is 9.15. The number of hydrogen-bond acceptors (Lipinski definition) is 6. The maximum Gasteiger partial charge on any atom is 0.341 e. The number of esters is 1. The Morgan fingerprint density at radius 2 is 1.92 bits per heavy atom. The Bertz CT molecular complexity index is 835. The number of nitrogens with one attached hydrogen (secondary N) is 2. The van der Waals surface area contributed by atoms with Gasteiger partial charge < -0.3 is 15.4 Å². The predicted octanol–water partition coefficient (Wildman–Crippen LogP) is 3.72. The molecular formula is C19H21N3O3S. The van der Waals surface area contributed by atoms with Crippen LogP contribution in [0, 0.1) is 18.3 Å². The summed E-state index contributed by atoms with van der Waals surface area (Å²) in [7, 11) is 0. The van der Waals surface area contributed by atoms with Gasteiger partial charge in [-0.2, -0.15) is 5.26 Å². The lowest BCUT2D eigenvalue weighted by Crippen LogP contribution is -2.22. The maximum atomic E-state index is 12.3. The number of hydrogen-bond donors (Lipinski definition) is 2. The van der Waals surface area contributed by atoms with Crippen molar-refractivity contribution >= 4 is 33.9 Å². The van der Waals surface area contributed by atoms with Crippen LogP contribution in [0.25, 0.3) is 0 Å². The summed E-state index contributed by atoms with van der Waals surface area (Å²) in [4.78, 5) is 25.6. The Hall–Kier alpha value is -2.85. The van der Waals surface area contributed by atoms with Crippen molar-refractivity contribution in [3.05, 3.63) is 45.8 Å². The van der Waals surface area contributed by atoms with Gasteiger partial charge in [0.2, 0.25) is 5.91 Å². The zero-order chi connectivity index (χ0) is 19.1. The first-order chi connectivity index (χ1) is 12.5. The van der Waals surface area contributed by atoms with Crippen LogP contribution in [0.15, 0.2) is 24.3 Å². The van der Waals surface area contributed by atoms with Crippen LogP contribution in [0.5, 0.6) is 0 Å². The SMILES string of the molecule is CCOC(=O)c1c(NC(=O)CNc2ccc(C#N)cc2)sc(CC)c1C. The van der Waals surface area contributed by atoms with Gasteiger partial charge in [0, 0.05) is 10.6 Å². The number of aryl methyl sites for hydroxylation is 1. The van der Waals surface area contributed by atoms with Crippen LogP contribution in [0.2, 0.25) is 0 Å². The summed E-state index contributed by atoms with van der Waals surface area (Å²) >= 11 is 1.40. The van der Waals surface area contributed by atoms with E-state index in [-0.39, 0.29) is 19.1 Å². The fourth-order valence-electron chi connectivity index (χ4n) is 2.45. The Kier molecular flexibility index (Phi) is 6.75. The van der Waals surface area contributed by atoms with Crippen LogP contribution < -0.4 is 10.6 Å². The molecule has 0 spiro atoms. The maximum absolute atomic E-state index is 12.3. The van der Waals surface area contributed by atoms with Crippen molar-refractivity contribution < 1.29 is 14.3 Å². The molecule has 0 aliphatic heterocycles. The average molecular weight is 371 g/mol. The van der Waals surface area contributed by atoms with Crippen molar-refractivity contribution in [1.82, 2.24) is 0 Å². The zero-order valence-corrected chi connectivity index (χ0v) is 15.8. The van der Waals surface area contributed by atoms with Crippen molar-refractivity contribution in [1.29, 1.82) is 5.26 Å². The number of rotatable bonds is 7. The average Bonchev–Trinajstić information content (AvgIpc) is 2.95. The van der Waals surface area contributed by atoms with E-state index in [1.54, 1.807) is 31.2 Å². The van der Waals surface area contributed by atoms with E-state index < -0.39 is 5.97 Å². The van der Waals surface area contributed by atoms with Crippen molar-refractivity contribution in [2.24, 2.45) is 0 Å². The molecule has 1 aromatic heterocycles. The van der Waals surface area contributed by atoms with Crippen molar-refractivity contribution in [2.75, 3.05) is 23.8 Å². The normalized spacial score (nSPS) is 10.1. The summed E-state index contributed by atoms with van der Waals surface area (Å²) < 4.78 is 5.11. The van der Waals surface area contributed by atoms with Crippen LogP contribution in [0.4, 0.5) is 10.7 Å². The number of ether oxygens (including phenoxy) is 1. The molecule has 2 aromatic rings. The number of nitriles is 1. The van der Waals surface area contributed by atoms with Gasteiger partial charge in [-0.1, -0.05) is 6.92 Å². The second-order valence-corrected chi connectivity index (χ2v) is 6.62. The summed E-state index contributed by atoms with van der Waals surface area (Å²) in [5, 5.41) is 15.1. The fraction of sp³-hybridized carbons (Fsp3) is 0.316. The predicted molar refractivity (Wildman–Crippen MR) is 103 cm³/mol. The molecule has 0 aliphatic rings. The molecule has 0 saturated carbocycles. The largest absolute Gasteiger partial charge is 0.462 e. The van der Waals surface area contributed by atoms with Crippen LogP contribution in [0.3, 0.4) is 0 Å². The minimum Gasteiger partial charge on any atom is -0.462 e. The van der Waals surface area contributed by atoms with E-state index in [1.165, 1.54) is 11.3 Å². The number of thiophene rings is 1. The van der Waals surface area contributed by atoms with Crippen molar-refractivity contribution in [2.45, 2.75) is 27.2 Å². The second kappa shape index (κ2) is 9.02. The van der Waals surface area contributed by atoms with Gasteiger partial charge in [0.1, 0.15) is 5.00 Å². The molecule has 0 aliphatic carbocycles. The quantitative estimate of drug-likeness (QED) is 0.724. The molecule has 0 atom stereocenters. The molecule has 0 unspecified atom stereocenters. The summed E-state index contributed by atoms with van der Waals surface area (Å²) in [6, 6.07) is 8.87. The molecule has 26 heavy (non-hydrogen) atoms. The lowest BCUT2D eigenvalue weighted by molar-refractivity contribution is -0.114. The Balaban J connectivity index is 2.07. The number of amides is 1. The van der Waals surface area contributed by atoms with E-state index in [0.717, 1.165) is 22.5 Å². The Labute approximate surface area is 156 Å². The second-order valence-electron chi connectivity index (χ2n) is 5.52. The van der Waals surface area contributed by atoms with Gasteiger partial charge in [0.05, 0.1) is 30.3 Å². The third-order valence-electron chi connectivity index (χ3n) is 3.77. The third kappa shape index (κ3) is 4.61. The highest BCUT2D eigenvalue weighted by molar-refractivity contribution is 7.17. The van der Waals surface area contributed by atoms with E-state index in [1.807, 2.05) is 19.9 Å². The lowest BCUT2D eigenvalue weighted by Gasteiger charge is -2.09. The van der Waals surface area contributed by atoms with Gasteiger partial charge in [-0.3, -0.25) is 4.79 Å². The molecular weight excluding hydrogens is 350 g/mol. The molecule has 6 nitrogen and oxygen atoms in total. The molecule has 0 bridgehead atoms. The molecule has 2 rings (SSSR count). The summed E-state index contributed by atoms with van der Waals surface area (Å²) in [5.41, 5.74) is 2.58. The first kappa shape index (κ1) is 19.5. The van der Waals surface area contributed by atoms with Gasteiger partial charge >= 0.3 is 5.97 Å². The first-order valence-electron chi connectivity index (χ1n) is 8.33. The van der Waals surface area contributed by atoms with Crippen LogP contribution in [0.1, 0.15) is 40.2 Å². The third-order valence-corrected chi connectivity index (χ3v) is 5.12. The topological polar surface area (TPSA) is 91.2 Å². The van der Waals surface area contributed by atoms with Gasteiger partial charge in [-0.15, -0.1) is 11.3 Å². The highest BCUT2D eigenvalue weighted by Gasteiger charge is 2.22. The Morgan fingerprint density at radius 1 is 1.23 bits per heavy atom. The molecule has 7 heteroatoms. The molecule has 1 heterocycles. The summed E-state index contributed by atoms with van der Waals surface area (Å²) in [5.74, 6) is -0.680. The molecule has 0 fully saturated rings. The number of carbonyl (C=O) groups is 2. The molecule has 1 amide bonds. The van der Waals surface area contributed by atoms with Crippen LogP contribution in [-0.2, 0) is 16.0 Å². The van der Waals surface area contributed by atoms with E-state index in [9.17, 15) is 9.59 Å². The Morgan fingerprint density at radius 3 is 2.50 bits per heavy atom. The van der Waals surface area contributed by atoms with Gasteiger partial charge in [-0.05, 0) is 50.1 Å². The summed E-state index contributed by atoms with van der Waals surface area (Å²) in [6.45, 7) is 5.95. The van der Waals surface area contributed by atoms with Gasteiger partial charge in [0.15, 0.2) is 0 Å². The highest BCUT2D eigenvalue weighted by Crippen LogP contribution is 2.34. The standard InChI is InChI=1S/C19H21N3O3S/c1-4-15-12(3)17(19(24)25-5-2)18(26-15)22-16(23)11-21-14-8-6-13(10-20)7-9-14/h6-9,21H,4-5,11H2,1-3H3,(H,22,23). The van der Waals surface area contributed by atoms with Gasteiger partial charge in [0.25, 0.3) is 0 Å². The number of nitrogens with zero attached hydrogens (tertiary/aromatic N) is 1. The van der Waals surface area contributed by atoms with Crippen molar-refractivity contribution in [3.8, 4) is 6.07 Å². The minimum absolute atomic E-state index is 0.0482. The minimum atomic E-state index is -0.420. The molecule has 0 saturated heterocycles. The fourth-order valence-corrected chi connectivity index (χ4v) is 3.60. The molecule has 0 radical (unpaired) electrons. The number of anilines is 2. The summed E-state index contributed by atoms with van der Waals surface area (Å²) in [6.07, 6.45) is 0.780. The lowest BCUT2D eigenvalue weighted by atomic mass is 10.1. The molecule has 1 aromatic carbocycles. The van der Waals surface area contributed by atoms with Crippen LogP contribution in [-0.4, -0.2) is 25.0 Å². The molecule has 2 N–H and O–H groups in total. The smallest absolute Gasteiger partial charge is 0.341 e.